The predicted octanol–water partition coefficient (Wildman–Crippen LogP) is 1.71. The van der Waals surface area contributed by atoms with Gasteiger partial charge in [0.05, 0.1) is 37.0 Å². The predicted molar refractivity (Wildman–Crippen MR) is 146 cm³/mol. The fraction of sp³-hybridized carbons (Fsp3) is 0.621. The summed E-state index contributed by atoms with van der Waals surface area (Å²) in [7, 11) is 0. The lowest BCUT2D eigenvalue weighted by atomic mass is 9.85. The number of rotatable bonds is 13. The molecule has 220 valence electrons. The molecular weight excluding hydrogens is 516 g/mol. The maximum atomic E-state index is 13.7. The molecule has 1 aromatic carbocycles. The van der Waals surface area contributed by atoms with Crippen molar-refractivity contribution in [3.05, 3.63) is 35.4 Å². The second-order valence-corrected chi connectivity index (χ2v) is 11.1. The van der Waals surface area contributed by atoms with E-state index in [9.17, 15) is 29.4 Å². The zero-order valence-electron chi connectivity index (χ0n) is 23.8. The van der Waals surface area contributed by atoms with Crippen LogP contribution in [0.4, 0.5) is 0 Å². The van der Waals surface area contributed by atoms with Crippen LogP contribution in [-0.2, 0) is 23.9 Å². The van der Waals surface area contributed by atoms with Crippen molar-refractivity contribution in [2.75, 3.05) is 19.8 Å². The van der Waals surface area contributed by atoms with E-state index in [1.807, 2.05) is 26.8 Å². The first-order valence-electron chi connectivity index (χ1n) is 13.8. The summed E-state index contributed by atoms with van der Waals surface area (Å²) in [5.74, 6) is -1.59. The number of aliphatic hydroxyl groups excluding tert-OH is 2. The standard InChI is InChI=1S/C29H42N4O7/c1-5-40-25(37)10-8-6-7-9-24(36)32-26(29(2,3)4)28(39)33-17-21(35)15-23(33)27(38)31-22(18-34)20-13-11-19(16-30)12-14-20/h11-14,21-23,26,34-35H,5-10,15,17-18H2,1-4H3,(H,31,38)(H,32,36)/t21-,22?,23+,26?/m1/s1. The summed E-state index contributed by atoms with van der Waals surface area (Å²) in [6.45, 7) is 7.04. The molecule has 1 heterocycles. The average Bonchev–Trinajstić information content (AvgIpc) is 3.31. The van der Waals surface area contributed by atoms with Crippen LogP contribution in [0, 0.1) is 16.7 Å². The van der Waals surface area contributed by atoms with Crippen molar-refractivity contribution in [2.45, 2.75) is 90.4 Å². The Labute approximate surface area is 235 Å². The summed E-state index contributed by atoms with van der Waals surface area (Å²) in [5, 5.41) is 34.8. The van der Waals surface area contributed by atoms with Gasteiger partial charge in [-0.15, -0.1) is 0 Å². The number of hydrogen-bond donors (Lipinski definition) is 4. The number of esters is 1. The molecule has 0 saturated carbocycles. The Balaban J connectivity index is 2.05. The van der Waals surface area contributed by atoms with E-state index in [1.165, 1.54) is 4.90 Å². The summed E-state index contributed by atoms with van der Waals surface area (Å²) in [5.41, 5.74) is 0.351. The number of hydrogen-bond acceptors (Lipinski definition) is 8. The van der Waals surface area contributed by atoms with E-state index in [-0.39, 0.29) is 31.3 Å². The van der Waals surface area contributed by atoms with Crippen LogP contribution in [0.25, 0.3) is 0 Å². The lowest BCUT2D eigenvalue weighted by Crippen LogP contribution is -2.58. The minimum atomic E-state index is -0.987. The summed E-state index contributed by atoms with van der Waals surface area (Å²) >= 11 is 0. The quantitative estimate of drug-likeness (QED) is 0.209. The molecule has 11 heteroatoms. The SMILES string of the molecule is CCOC(=O)CCCCCC(=O)NC(C(=O)N1C[C@H](O)C[C@H]1C(=O)NC(CO)c1ccc(C#N)cc1)C(C)(C)C. The number of likely N-dealkylation sites (tertiary alicyclic amines) is 1. The molecule has 1 aromatic rings. The zero-order valence-corrected chi connectivity index (χ0v) is 23.8. The van der Waals surface area contributed by atoms with Crippen molar-refractivity contribution in [1.29, 1.82) is 5.26 Å². The second-order valence-electron chi connectivity index (χ2n) is 11.1. The van der Waals surface area contributed by atoms with Crippen LogP contribution in [0.5, 0.6) is 0 Å². The van der Waals surface area contributed by atoms with Crippen molar-refractivity contribution in [3.63, 3.8) is 0 Å². The number of amides is 3. The maximum Gasteiger partial charge on any atom is 0.305 e. The molecule has 40 heavy (non-hydrogen) atoms. The Morgan fingerprint density at radius 2 is 1.75 bits per heavy atom. The molecule has 4 atom stereocenters. The summed E-state index contributed by atoms with van der Waals surface area (Å²) in [4.78, 5) is 52.4. The van der Waals surface area contributed by atoms with Gasteiger partial charge >= 0.3 is 5.97 Å². The number of nitriles is 1. The normalized spacial score (nSPS) is 18.4. The van der Waals surface area contributed by atoms with Gasteiger partial charge in [-0.1, -0.05) is 39.3 Å². The number of benzene rings is 1. The number of carbonyl (C=O) groups excluding carboxylic acids is 4. The number of carbonyl (C=O) groups is 4. The van der Waals surface area contributed by atoms with Crippen molar-refractivity contribution in [2.24, 2.45) is 5.41 Å². The Kier molecular flexibility index (Phi) is 12.5. The first-order valence-corrected chi connectivity index (χ1v) is 13.8. The van der Waals surface area contributed by atoms with Gasteiger partial charge in [-0.2, -0.15) is 5.26 Å². The fourth-order valence-electron chi connectivity index (χ4n) is 4.61. The third-order valence-electron chi connectivity index (χ3n) is 6.81. The highest BCUT2D eigenvalue weighted by Crippen LogP contribution is 2.27. The molecular formula is C29H42N4O7. The molecule has 11 nitrogen and oxygen atoms in total. The number of nitrogens with zero attached hydrogens (tertiary/aromatic N) is 2. The topological polar surface area (TPSA) is 169 Å². The van der Waals surface area contributed by atoms with Gasteiger partial charge in [-0.25, -0.2) is 0 Å². The van der Waals surface area contributed by atoms with Gasteiger partial charge in [0, 0.05) is 25.8 Å². The number of nitrogens with one attached hydrogen (secondary N) is 2. The van der Waals surface area contributed by atoms with Gasteiger partial charge < -0.3 is 30.5 Å². The third-order valence-corrected chi connectivity index (χ3v) is 6.81. The van der Waals surface area contributed by atoms with Crippen LogP contribution in [0.15, 0.2) is 24.3 Å². The maximum absolute atomic E-state index is 13.7. The zero-order chi connectivity index (χ0) is 29.9. The van der Waals surface area contributed by atoms with Crippen molar-refractivity contribution >= 4 is 23.7 Å². The number of β-amino-alcohol motifs (C(OH)–C–C–N with tert-alkyl or cyclic N) is 1. The van der Waals surface area contributed by atoms with Crippen LogP contribution in [0.3, 0.4) is 0 Å². The lowest BCUT2D eigenvalue weighted by Gasteiger charge is -2.35. The minimum Gasteiger partial charge on any atom is -0.466 e. The highest BCUT2D eigenvalue weighted by molar-refractivity contribution is 5.93. The number of unbranched alkanes of at least 4 members (excludes halogenated alkanes) is 2. The molecule has 1 fully saturated rings. The molecule has 0 aromatic heterocycles. The van der Waals surface area contributed by atoms with E-state index in [4.69, 9.17) is 10.00 Å². The van der Waals surface area contributed by atoms with E-state index in [0.29, 0.717) is 43.4 Å². The van der Waals surface area contributed by atoms with Crippen LogP contribution in [0.1, 0.15) is 83.4 Å². The Hall–Kier alpha value is -3.49. The van der Waals surface area contributed by atoms with E-state index >= 15 is 0 Å². The fourth-order valence-corrected chi connectivity index (χ4v) is 4.61. The molecule has 1 aliphatic rings. The number of ether oxygens (including phenoxy) is 1. The monoisotopic (exact) mass is 558 g/mol. The van der Waals surface area contributed by atoms with Crippen molar-refractivity contribution in [1.82, 2.24) is 15.5 Å². The summed E-state index contributed by atoms with van der Waals surface area (Å²) < 4.78 is 4.90. The van der Waals surface area contributed by atoms with Gasteiger partial charge in [0.15, 0.2) is 0 Å². The van der Waals surface area contributed by atoms with Gasteiger partial charge in [-0.05, 0) is 42.9 Å². The Bertz CT molecular complexity index is 1060. The molecule has 2 unspecified atom stereocenters. The molecule has 3 amide bonds. The molecule has 0 bridgehead atoms. The van der Waals surface area contributed by atoms with Crippen molar-refractivity contribution in [3.8, 4) is 6.07 Å². The van der Waals surface area contributed by atoms with Gasteiger partial charge in [0.25, 0.3) is 0 Å². The third kappa shape index (κ3) is 9.61. The van der Waals surface area contributed by atoms with Crippen molar-refractivity contribution < 1.29 is 34.1 Å². The van der Waals surface area contributed by atoms with Gasteiger partial charge in [-0.3, -0.25) is 19.2 Å². The summed E-state index contributed by atoms with van der Waals surface area (Å²) in [6.07, 6.45) is 1.38. The van der Waals surface area contributed by atoms with E-state index in [0.717, 1.165) is 0 Å². The Morgan fingerprint density at radius 1 is 1.10 bits per heavy atom. The molecule has 0 spiro atoms. The van der Waals surface area contributed by atoms with Crippen LogP contribution in [0.2, 0.25) is 0 Å². The first-order chi connectivity index (χ1) is 18.9. The lowest BCUT2D eigenvalue weighted by molar-refractivity contribution is -0.144. The second kappa shape index (κ2) is 15.3. The van der Waals surface area contributed by atoms with E-state index in [2.05, 4.69) is 10.6 Å². The Morgan fingerprint density at radius 3 is 2.33 bits per heavy atom. The van der Waals surface area contributed by atoms with Crippen LogP contribution in [-0.4, -0.2) is 76.7 Å². The summed E-state index contributed by atoms with van der Waals surface area (Å²) in [6, 6.07) is 5.75. The average molecular weight is 559 g/mol. The molecule has 4 N–H and O–H groups in total. The largest absolute Gasteiger partial charge is 0.466 e. The van der Waals surface area contributed by atoms with Gasteiger partial charge in [0.1, 0.15) is 12.1 Å². The highest BCUT2D eigenvalue weighted by atomic mass is 16.5. The highest BCUT2D eigenvalue weighted by Gasteiger charge is 2.44. The van der Waals surface area contributed by atoms with Crippen LogP contribution >= 0.6 is 0 Å². The van der Waals surface area contributed by atoms with E-state index in [1.54, 1.807) is 31.2 Å². The molecule has 1 aliphatic heterocycles. The van der Waals surface area contributed by atoms with E-state index < -0.39 is 48.1 Å². The molecule has 1 saturated heterocycles. The molecule has 0 radical (unpaired) electrons. The smallest absolute Gasteiger partial charge is 0.305 e. The number of aliphatic hydroxyl groups is 2. The van der Waals surface area contributed by atoms with Crippen LogP contribution < -0.4 is 10.6 Å². The minimum absolute atomic E-state index is 0.0222. The molecule has 2 rings (SSSR count). The molecule has 0 aliphatic carbocycles. The van der Waals surface area contributed by atoms with Gasteiger partial charge in [0.2, 0.25) is 17.7 Å². The first kappa shape index (κ1) is 32.7.